The van der Waals surface area contributed by atoms with Crippen LogP contribution in [-0.4, -0.2) is 17.0 Å². The molecule has 0 aliphatic heterocycles. The Morgan fingerprint density at radius 1 is 1.40 bits per heavy atom. The summed E-state index contributed by atoms with van der Waals surface area (Å²) in [5.74, 6) is -1.60. The lowest BCUT2D eigenvalue weighted by Gasteiger charge is -2.18. The molecule has 0 radical (unpaired) electrons. The predicted octanol–water partition coefficient (Wildman–Crippen LogP) is 2.50. The second-order valence-electron chi connectivity index (χ2n) is 5.96. The zero-order valence-corrected chi connectivity index (χ0v) is 11.5. The molecule has 1 aromatic carbocycles. The third kappa shape index (κ3) is 3.35. The Labute approximate surface area is 117 Å². The number of aliphatic carboxylic acids is 1. The quantitative estimate of drug-likeness (QED) is 0.870. The van der Waals surface area contributed by atoms with E-state index in [1.54, 1.807) is 0 Å². The minimum atomic E-state index is -1.00. The van der Waals surface area contributed by atoms with Crippen LogP contribution in [0, 0.1) is 17.2 Å². The maximum Gasteiger partial charge on any atom is 0.305 e. The highest BCUT2D eigenvalue weighted by atomic mass is 19.1. The maximum absolute atomic E-state index is 12.9. The number of amides is 1. The summed E-state index contributed by atoms with van der Waals surface area (Å²) >= 11 is 0. The summed E-state index contributed by atoms with van der Waals surface area (Å²) in [6.07, 6.45) is 0.590. The molecule has 2 rings (SSSR count). The van der Waals surface area contributed by atoms with Crippen molar-refractivity contribution in [3.63, 3.8) is 0 Å². The fourth-order valence-corrected chi connectivity index (χ4v) is 2.31. The molecule has 4 nitrogen and oxygen atoms in total. The van der Waals surface area contributed by atoms with Gasteiger partial charge in [-0.15, -0.1) is 0 Å². The minimum absolute atomic E-state index is 0.0132. The van der Waals surface area contributed by atoms with E-state index in [4.69, 9.17) is 5.11 Å². The van der Waals surface area contributed by atoms with Crippen LogP contribution in [0.4, 0.5) is 4.39 Å². The Hall–Kier alpha value is -1.91. The van der Waals surface area contributed by atoms with Gasteiger partial charge in [0.2, 0.25) is 5.91 Å². The molecule has 0 spiro atoms. The Bertz CT molecular complexity index is 524. The Morgan fingerprint density at radius 3 is 2.40 bits per heavy atom. The van der Waals surface area contributed by atoms with E-state index in [0.717, 1.165) is 6.42 Å². The van der Waals surface area contributed by atoms with Crippen LogP contribution in [0.5, 0.6) is 0 Å². The molecule has 2 N–H and O–H groups in total. The number of nitrogens with one attached hydrogen (secondary N) is 1. The van der Waals surface area contributed by atoms with E-state index in [1.165, 1.54) is 24.3 Å². The molecule has 0 saturated heterocycles. The number of carboxylic acids is 1. The van der Waals surface area contributed by atoms with Crippen LogP contribution in [0.15, 0.2) is 24.3 Å². The van der Waals surface area contributed by atoms with Crippen LogP contribution in [0.2, 0.25) is 0 Å². The predicted molar refractivity (Wildman–Crippen MR) is 71.4 cm³/mol. The number of hydrogen-bond donors (Lipinski definition) is 2. The van der Waals surface area contributed by atoms with Gasteiger partial charge in [-0.25, -0.2) is 4.39 Å². The van der Waals surface area contributed by atoms with Gasteiger partial charge in [-0.05, 0) is 29.5 Å². The lowest BCUT2D eigenvalue weighted by molar-refractivity contribution is -0.137. The van der Waals surface area contributed by atoms with Crippen molar-refractivity contribution >= 4 is 11.9 Å². The van der Waals surface area contributed by atoms with Gasteiger partial charge in [0, 0.05) is 5.92 Å². The topological polar surface area (TPSA) is 66.4 Å². The zero-order chi connectivity index (χ0) is 14.9. The molecule has 1 fully saturated rings. The number of carbonyl (C=O) groups excluding carboxylic acids is 1. The maximum atomic E-state index is 12.9. The summed E-state index contributed by atoms with van der Waals surface area (Å²) in [7, 11) is 0. The van der Waals surface area contributed by atoms with Crippen molar-refractivity contribution in [2.24, 2.45) is 11.3 Å². The molecular weight excluding hydrogens is 261 g/mol. The van der Waals surface area contributed by atoms with Crippen LogP contribution < -0.4 is 5.32 Å². The second-order valence-corrected chi connectivity index (χ2v) is 5.96. The minimum Gasteiger partial charge on any atom is -0.481 e. The summed E-state index contributed by atoms with van der Waals surface area (Å²) in [6.45, 7) is 4.00. The number of halogens is 1. The number of rotatable bonds is 5. The number of benzene rings is 1. The van der Waals surface area contributed by atoms with Gasteiger partial charge in [0.15, 0.2) is 0 Å². The summed E-state index contributed by atoms with van der Waals surface area (Å²) in [5.41, 5.74) is 0.585. The third-order valence-corrected chi connectivity index (χ3v) is 3.80. The van der Waals surface area contributed by atoms with E-state index in [2.05, 4.69) is 5.32 Å². The Morgan fingerprint density at radius 2 is 1.95 bits per heavy atom. The molecule has 0 aromatic heterocycles. The van der Waals surface area contributed by atoms with Crippen molar-refractivity contribution in [3.05, 3.63) is 35.6 Å². The highest BCUT2D eigenvalue weighted by Crippen LogP contribution is 2.51. The van der Waals surface area contributed by atoms with Crippen LogP contribution in [0.25, 0.3) is 0 Å². The zero-order valence-electron chi connectivity index (χ0n) is 11.5. The fourth-order valence-electron chi connectivity index (χ4n) is 2.31. The average molecular weight is 279 g/mol. The van der Waals surface area contributed by atoms with E-state index in [9.17, 15) is 14.0 Å². The molecule has 1 saturated carbocycles. The van der Waals surface area contributed by atoms with Crippen molar-refractivity contribution in [2.75, 3.05) is 0 Å². The van der Waals surface area contributed by atoms with Crippen molar-refractivity contribution in [1.29, 1.82) is 0 Å². The van der Waals surface area contributed by atoms with E-state index >= 15 is 0 Å². The first kappa shape index (κ1) is 14.5. The molecule has 0 bridgehead atoms. The van der Waals surface area contributed by atoms with Crippen molar-refractivity contribution < 1.29 is 19.1 Å². The number of carbonyl (C=O) groups is 2. The lowest BCUT2D eigenvalue weighted by Crippen LogP contribution is -2.32. The molecular formula is C15H18FNO3. The monoisotopic (exact) mass is 279 g/mol. The smallest absolute Gasteiger partial charge is 0.305 e. The number of carboxylic acid groups (broad SMARTS) is 1. The van der Waals surface area contributed by atoms with Gasteiger partial charge in [-0.3, -0.25) is 9.59 Å². The molecule has 1 unspecified atom stereocenters. The molecule has 1 aliphatic carbocycles. The summed E-state index contributed by atoms with van der Waals surface area (Å²) in [6, 6.07) is 4.90. The van der Waals surface area contributed by atoms with E-state index in [-0.39, 0.29) is 23.7 Å². The Kier molecular flexibility index (Phi) is 3.79. The van der Waals surface area contributed by atoms with Gasteiger partial charge >= 0.3 is 5.97 Å². The second kappa shape index (κ2) is 5.23. The highest BCUT2D eigenvalue weighted by Gasteiger charge is 2.50. The van der Waals surface area contributed by atoms with Gasteiger partial charge in [0.1, 0.15) is 5.82 Å². The SMILES string of the molecule is CC1(C)C[C@@H]1C(=O)NC(CC(=O)O)c1ccc(F)cc1. The van der Waals surface area contributed by atoms with E-state index in [1.807, 2.05) is 13.8 Å². The first-order valence-electron chi connectivity index (χ1n) is 6.57. The van der Waals surface area contributed by atoms with Gasteiger partial charge in [-0.2, -0.15) is 0 Å². The van der Waals surface area contributed by atoms with Crippen molar-refractivity contribution in [3.8, 4) is 0 Å². The summed E-state index contributed by atoms with van der Waals surface area (Å²) in [5, 5.41) is 11.7. The molecule has 0 heterocycles. The van der Waals surface area contributed by atoms with Crippen LogP contribution in [0.3, 0.4) is 0 Å². The van der Waals surface area contributed by atoms with E-state index in [0.29, 0.717) is 5.56 Å². The molecule has 2 atom stereocenters. The van der Waals surface area contributed by atoms with Gasteiger partial charge in [0.25, 0.3) is 0 Å². The van der Waals surface area contributed by atoms with Crippen LogP contribution >= 0.6 is 0 Å². The molecule has 20 heavy (non-hydrogen) atoms. The number of hydrogen-bond acceptors (Lipinski definition) is 2. The lowest BCUT2D eigenvalue weighted by atomic mass is 10.0. The molecule has 1 aromatic rings. The van der Waals surface area contributed by atoms with E-state index < -0.39 is 17.8 Å². The highest BCUT2D eigenvalue weighted by molar-refractivity contribution is 5.83. The first-order valence-corrected chi connectivity index (χ1v) is 6.57. The van der Waals surface area contributed by atoms with Crippen molar-refractivity contribution in [2.45, 2.75) is 32.7 Å². The first-order chi connectivity index (χ1) is 9.29. The van der Waals surface area contributed by atoms with Crippen LogP contribution in [0.1, 0.15) is 38.3 Å². The molecule has 5 heteroatoms. The van der Waals surface area contributed by atoms with Gasteiger partial charge < -0.3 is 10.4 Å². The van der Waals surface area contributed by atoms with Gasteiger partial charge in [0.05, 0.1) is 12.5 Å². The Balaban J connectivity index is 2.10. The third-order valence-electron chi connectivity index (χ3n) is 3.80. The molecule has 1 aliphatic rings. The fraction of sp³-hybridized carbons (Fsp3) is 0.467. The normalized spacial score (nSPS) is 21.1. The summed E-state index contributed by atoms with van der Waals surface area (Å²) in [4.78, 5) is 23.0. The van der Waals surface area contributed by atoms with Crippen LogP contribution in [-0.2, 0) is 9.59 Å². The molecule has 1 amide bonds. The molecule has 108 valence electrons. The standard InChI is InChI=1S/C15H18FNO3/c1-15(2)8-11(15)14(20)17-12(7-13(18)19)9-3-5-10(16)6-4-9/h3-6,11-12H,7-8H2,1-2H3,(H,17,20)(H,18,19)/t11-,12?/m1/s1. The average Bonchev–Trinajstić information content (AvgIpc) is 2.98. The summed E-state index contributed by atoms with van der Waals surface area (Å²) < 4.78 is 12.9. The largest absolute Gasteiger partial charge is 0.481 e. The van der Waals surface area contributed by atoms with Crippen molar-refractivity contribution in [1.82, 2.24) is 5.32 Å². The van der Waals surface area contributed by atoms with Gasteiger partial charge in [-0.1, -0.05) is 26.0 Å².